The Morgan fingerprint density at radius 2 is 2.07 bits per heavy atom. The van der Waals surface area contributed by atoms with Gasteiger partial charge in [0.05, 0.1) is 6.10 Å². The fourth-order valence-corrected chi connectivity index (χ4v) is 1.32. The molecule has 78 valence electrons. The lowest BCUT2D eigenvalue weighted by Gasteiger charge is -2.07. The number of phenolic OH excluding ortho intramolecular Hbond substituents is 1. The van der Waals surface area contributed by atoms with Gasteiger partial charge in [0.25, 0.3) is 0 Å². The first-order valence-corrected chi connectivity index (χ1v) is 4.78. The summed E-state index contributed by atoms with van der Waals surface area (Å²) in [5.74, 6) is -0.503. The van der Waals surface area contributed by atoms with Crippen molar-refractivity contribution in [3.63, 3.8) is 0 Å². The second-order valence-corrected chi connectivity index (χ2v) is 3.42. The van der Waals surface area contributed by atoms with Gasteiger partial charge in [-0.1, -0.05) is 6.92 Å². The average molecular weight is 198 g/mol. The Hall–Kier alpha value is -1.09. The molecule has 0 spiro atoms. The number of benzene rings is 1. The molecule has 0 radical (unpaired) electrons. The van der Waals surface area contributed by atoms with Crippen molar-refractivity contribution in [3.05, 3.63) is 29.6 Å². The van der Waals surface area contributed by atoms with E-state index in [9.17, 15) is 9.50 Å². The number of hydrogen-bond acceptors (Lipinski definition) is 2. The maximum Gasteiger partial charge on any atom is 0.127 e. The van der Waals surface area contributed by atoms with Crippen molar-refractivity contribution in [1.29, 1.82) is 0 Å². The monoisotopic (exact) mass is 198 g/mol. The Labute approximate surface area is 83.0 Å². The van der Waals surface area contributed by atoms with Crippen LogP contribution in [0.3, 0.4) is 0 Å². The SMILES string of the molecule is CCC(O)CCc1cc(O)cc(F)c1. The van der Waals surface area contributed by atoms with Crippen molar-refractivity contribution < 1.29 is 14.6 Å². The number of aliphatic hydroxyl groups is 1. The lowest BCUT2D eigenvalue weighted by molar-refractivity contribution is 0.160. The number of phenols is 1. The number of aliphatic hydroxyl groups excluding tert-OH is 1. The number of hydrogen-bond donors (Lipinski definition) is 2. The first kappa shape index (κ1) is 11.0. The second-order valence-electron chi connectivity index (χ2n) is 3.42. The van der Waals surface area contributed by atoms with E-state index in [1.807, 2.05) is 6.92 Å². The summed E-state index contributed by atoms with van der Waals surface area (Å²) in [6, 6.07) is 3.97. The van der Waals surface area contributed by atoms with Gasteiger partial charge in [0.15, 0.2) is 0 Å². The van der Waals surface area contributed by atoms with Crippen molar-refractivity contribution in [2.24, 2.45) is 0 Å². The van der Waals surface area contributed by atoms with E-state index in [4.69, 9.17) is 5.11 Å². The maximum absolute atomic E-state index is 12.8. The van der Waals surface area contributed by atoms with E-state index < -0.39 is 5.82 Å². The first-order chi connectivity index (χ1) is 6.61. The largest absolute Gasteiger partial charge is 0.508 e. The minimum Gasteiger partial charge on any atom is -0.508 e. The van der Waals surface area contributed by atoms with Crippen LogP contribution in [0.15, 0.2) is 18.2 Å². The van der Waals surface area contributed by atoms with Gasteiger partial charge < -0.3 is 10.2 Å². The lowest BCUT2D eigenvalue weighted by Crippen LogP contribution is -2.05. The molecule has 0 aliphatic heterocycles. The minimum atomic E-state index is -0.439. The predicted molar refractivity (Wildman–Crippen MR) is 52.7 cm³/mol. The molecule has 0 saturated carbocycles. The van der Waals surface area contributed by atoms with Crippen LogP contribution in [0.4, 0.5) is 4.39 Å². The number of aryl methyl sites for hydroxylation is 1. The smallest absolute Gasteiger partial charge is 0.127 e. The fourth-order valence-electron chi connectivity index (χ4n) is 1.32. The Kier molecular flexibility index (Phi) is 3.89. The highest BCUT2D eigenvalue weighted by Crippen LogP contribution is 2.16. The van der Waals surface area contributed by atoms with Crippen molar-refractivity contribution in [2.45, 2.75) is 32.3 Å². The molecule has 0 heterocycles. The van der Waals surface area contributed by atoms with E-state index in [0.29, 0.717) is 19.3 Å². The van der Waals surface area contributed by atoms with Crippen molar-refractivity contribution >= 4 is 0 Å². The van der Waals surface area contributed by atoms with Crippen LogP contribution in [-0.2, 0) is 6.42 Å². The fraction of sp³-hybridized carbons (Fsp3) is 0.455. The van der Waals surface area contributed by atoms with Crippen LogP contribution >= 0.6 is 0 Å². The van der Waals surface area contributed by atoms with Gasteiger partial charge in [-0.25, -0.2) is 4.39 Å². The van der Waals surface area contributed by atoms with E-state index in [2.05, 4.69) is 0 Å². The minimum absolute atomic E-state index is 0.0639. The molecule has 0 amide bonds. The van der Waals surface area contributed by atoms with Crippen LogP contribution < -0.4 is 0 Å². The van der Waals surface area contributed by atoms with Gasteiger partial charge in [-0.2, -0.15) is 0 Å². The van der Waals surface area contributed by atoms with Gasteiger partial charge in [0.2, 0.25) is 0 Å². The molecule has 0 aliphatic carbocycles. The summed E-state index contributed by atoms with van der Waals surface area (Å²) in [6.07, 6.45) is 1.53. The Balaban J connectivity index is 2.58. The molecular weight excluding hydrogens is 183 g/mol. The van der Waals surface area contributed by atoms with E-state index in [1.54, 1.807) is 0 Å². The summed E-state index contributed by atoms with van der Waals surface area (Å²) in [4.78, 5) is 0. The Morgan fingerprint density at radius 1 is 1.36 bits per heavy atom. The zero-order chi connectivity index (χ0) is 10.6. The molecule has 0 aromatic heterocycles. The van der Waals surface area contributed by atoms with Gasteiger partial charge in [0, 0.05) is 6.07 Å². The molecule has 2 N–H and O–H groups in total. The molecular formula is C11H15FO2. The van der Waals surface area contributed by atoms with Crippen LogP contribution in [0, 0.1) is 5.82 Å². The summed E-state index contributed by atoms with van der Waals surface area (Å²) >= 11 is 0. The third kappa shape index (κ3) is 3.34. The highest BCUT2D eigenvalue weighted by molar-refractivity contribution is 5.28. The Morgan fingerprint density at radius 3 is 2.64 bits per heavy atom. The standard InChI is InChI=1S/C11H15FO2/c1-2-10(13)4-3-8-5-9(12)7-11(14)6-8/h5-7,10,13-14H,2-4H2,1H3. The van der Waals surface area contributed by atoms with Crippen LogP contribution in [0.5, 0.6) is 5.75 Å². The molecule has 2 nitrogen and oxygen atoms in total. The number of halogens is 1. The van der Waals surface area contributed by atoms with Crippen molar-refractivity contribution in [1.82, 2.24) is 0 Å². The first-order valence-electron chi connectivity index (χ1n) is 4.78. The van der Waals surface area contributed by atoms with Gasteiger partial charge in [-0.05, 0) is 37.0 Å². The molecule has 14 heavy (non-hydrogen) atoms. The zero-order valence-corrected chi connectivity index (χ0v) is 8.20. The number of aromatic hydroxyl groups is 1. The average Bonchev–Trinajstić information content (AvgIpc) is 2.12. The zero-order valence-electron chi connectivity index (χ0n) is 8.20. The van der Waals surface area contributed by atoms with Crippen LogP contribution in [0.2, 0.25) is 0 Å². The van der Waals surface area contributed by atoms with Gasteiger partial charge in [-0.3, -0.25) is 0 Å². The van der Waals surface area contributed by atoms with Gasteiger partial charge >= 0.3 is 0 Å². The van der Waals surface area contributed by atoms with E-state index in [1.165, 1.54) is 12.1 Å². The molecule has 1 atom stereocenters. The molecule has 0 aliphatic rings. The summed E-state index contributed by atoms with van der Waals surface area (Å²) < 4.78 is 12.8. The summed E-state index contributed by atoms with van der Waals surface area (Å²) in [7, 11) is 0. The quantitative estimate of drug-likeness (QED) is 0.778. The van der Waals surface area contributed by atoms with E-state index in [0.717, 1.165) is 11.6 Å². The van der Waals surface area contributed by atoms with E-state index in [-0.39, 0.29) is 11.9 Å². The van der Waals surface area contributed by atoms with Crippen LogP contribution in [0.25, 0.3) is 0 Å². The molecule has 1 aromatic rings. The highest BCUT2D eigenvalue weighted by Gasteiger charge is 2.03. The highest BCUT2D eigenvalue weighted by atomic mass is 19.1. The van der Waals surface area contributed by atoms with Crippen LogP contribution in [-0.4, -0.2) is 16.3 Å². The van der Waals surface area contributed by atoms with E-state index >= 15 is 0 Å². The molecule has 0 fully saturated rings. The lowest BCUT2D eigenvalue weighted by atomic mass is 10.1. The predicted octanol–water partition coefficient (Wildman–Crippen LogP) is 2.23. The summed E-state index contributed by atoms with van der Waals surface area (Å²) in [5, 5.41) is 18.4. The molecule has 0 bridgehead atoms. The third-order valence-corrected chi connectivity index (χ3v) is 2.18. The normalized spacial score (nSPS) is 12.8. The van der Waals surface area contributed by atoms with Crippen LogP contribution in [0.1, 0.15) is 25.3 Å². The molecule has 3 heteroatoms. The second kappa shape index (κ2) is 4.96. The Bertz CT molecular complexity index is 279. The summed E-state index contributed by atoms with van der Waals surface area (Å²) in [5.41, 5.74) is 0.718. The molecule has 1 unspecified atom stereocenters. The number of rotatable bonds is 4. The van der Waals surface area contributed by atoms with Crippen molar-refractivity contribution in [3.8, 4) is 5.75 Å². The third-order valence-electron chi connectivity index (χ3n) is 2.18. The molecule has 1 aromatic carbocycles. The van der Waals surface area contributed by atoms with Gasteiger partial charge in [-0.15, -0.1) is 0 Å². The topological polar surface area (TPSA) is 40.5 Å². The van der Waals surface area contributed by atoms with Gasteiger partial charge in [0.1, 0.15) is 11.6 Å². The van der Waals surface area contributed by atoms with Crippen molar-refractivity contribution in [2.75, 3.05) is 0 Å². The molecule has 1 rings (SSSR count). The maximum atomic E-state index is 12.8. The summed E-state index contributed by atoms with van der Waals surface area (Å²) in [6.45, 7) is 1.90. The molecule has 0 saturated heterocycles.